The quantitative estimate of drug-likeness (QED) is 0.214. The van der Waals surface area contributed by atoms with Crippen molar-refractivity contribution in [3.05, 3.63) is 132 Å². The van der Waals surface area contributed by atoms with Gasteiger partial charge in [0, 0.05) is 17.5 Å². The summed E-state index contributed by atoms with van der Waals surface area (Å²) in [7, 11) is -3.23. The predicted molar refractivity (Wildman–Crippen MR) is 139 cm³/mol. The fraction of sp³-hybridized carbons (Fsp3) is 0.167. The molecule has 0 N–H and O–H groups in total. The molecule has 34 heavy (non-hydrogen) atoms. The van der Waals surface area contributed by atoms with Crippen LogP contribution in [0.25, 0.3) is 0 Å². The van der Waals surface area contributed by atoms with Gasteiger partial charge in [0.15, 0.2) is 0 Å². The second-order valence-electron chi connectivity index (χ2n) is 8.36. The smallest absolute Gasteiger partial charge is 0.303 e. The molecule has 4 aromatic rings. The Bertz CT molecular complexity index is 1180. The largest absolute Gasteiger partial charge is 0.457 e. The molecule has 0 saturated carbocycles. The van der Waals surface area contributed by atoms with Crippen LogP contribution in [0.3, 0.4) is 0 Å². The number of ether oxygens (including phenoxy) is 1. The number of hydrogen-bond donors (Lipinski definition) is 0. The second-order valence-corrected chi connectivity index (χ2v) is 11.4. The van der Waals surface area contributed by atoms with Gasteiger partial charge in [-0.2, -0.15) is 0 Å². The summed E-state index contributed by atoms with van der Waals surface area (Å²) >= 11 is 0. The molecule has 4 aromatic carbocycles. The standard InChI is InChI=1S/C30H29O3P/c1-24(31)33-30(26-16-8-3-9-17-26)29(23-22-25-14-6-2-7-15-25)34(32,27-18-10-4-11-19-27)28-20-12-5-13-21-28/h2-21,29-30H,22-23H2,1H3. The number of aryl methyl sites for hydroxylation is 1. The Kier molecular flexibility index (Phi) is 7.77. The maximum atomic E-state index is 15.3. The highest BCUT2D eigenvalue weighted by Crippen LogP contribution is 2.55. The summed E-state index contributed by atoms with van der Waals surface area (Å²) < 4.78 is 21.3. The van der Waals surface area contributed by atoms with E-state index in [9.17, 15) is 4.79 Å². The zero-order valence-electron chi connectivity index (χ0n) is 19.3. The second kappa shape index (κ2) is 11.1. The van der Waals surface area contributed by atoms with Crippen LogP contribution in [0, 0.1) is 0 Å². The lowest BCUT2D eigenvalue weighted by Gasteiger charge is -2.34. The van der Waals surface area contributed by atoms with Crippen LogP contribution in [0.15, 0.2) is 121 Å². The summed E-state index contributed by atoms with van der Waals surface area (Å²) in [5.41, 5.74) is 1.57. The van der Waals surface area contributed by atoms with Gasteiger partial charge in [0.25, 0.3) is 0 Å². The fourth-order valence-electron chi connectivity index (χ4n) is 4.50. The van der Waals surface area contributed by atoms with E-state index in [4.69, 9.17) is 4.74 Å². The molecule has 4 rings (SSSR count). The average Bonchev–Trinajstić information content (AvgIpc) is 2.90. The molecule has 4 heteroatoms. The summed E-state index contributed by atoms with van der Waals surface area (Å²) in [6, 6.07) is 39.1. The van der Waals surface area contributed by atoms with E-state index in [1.165, 1.54) is 6.92 Å². The van der Waals surface area contributed by atoms with Crippen LogP contribution >= 0.6 is 7.14 Å². The third-order valence-corrected chi connectivity index (χ3v) is 9.68. The normalized spacial score (nSPS) is 13.1. The number of benzene rings is 4. The number of carbonyl (C=O) groups is 1. The lowest BCUT2D eigenvalue weighted by Crippen LogP contribution is -2.33. The lowest BCUT2D eigenvalue weighted by atomic mass is 10.0. The van der Waals surface area contributed by atoms with Crippen molar-refractivity contribution in [3.8, 4) is 0 Å². The van der Waals surface area contributed by atoms with Gasteiger partial charge in [-0.25, -0.2) is 0 Å². The van der Waals surface area contributed by atoms with Gasteiger partial charge in [0.05, 0.1) is 5.66 Å². The van der Waals surface area contributed by atoms with Crippen molar-refractivity contribution in [1.29, 1.82) is 0 Å². The van der Waals surface area contributed by atoms with Crippen LogP contribution in [0.2, 0.25) is 0 Å². The first-order valence-corrected chi connectivity index (χ1v) is 13.3. The Hall–Kier alpha value is -3.42. The van der Waals surface area contributed by atoms with Crippen LogP contribution in [0.5, 0.6) is 0 Å². The van der Waals surface area contributed by atoms with E-state index in [0.29, 0.717) is 6.42 Å². The highest BCUT2D eigenvalue weighted by molar-refractivity contribution is 7.79. The maximum Gasteiger partial charge on any atom is 0.303 e. The first-order valence-electron chi connectivity index (χ1n) is 11.6. The van der Waals surface area contributed by atoms with Crippen LogP contribution in [-0.2, 0) is 20.5 Å². The maximum absolute atomic E-state index is 15.3. The Labute approximate surface area is 201 Å². The van der Waals surface area contributed by atoms with E-state index in [1.807, 2.05) is 109 Å². The molecule has 2 unspecified atom stereocenters. The lowest BCUT2D eigenvalue weighted by molar-refractivity contribution is -0.146. The summed E-state index contributed by atoms with van der Waals surface area (Å²) in [4.78, 5) is 12.3. The zero-order valence-corrected chi connectivity index (χ0v) is 20.2. The number of esters is 1. The number of rotatable bonds is 9. The summed E-state index contributed by atoms with van der Waals surface area (Å²) in [5.74, 6) is -0.383. The summed E-state index contributed by atoms with van der Waals surface area (Å²) in [6.45, 7) is 1.42. The molecular formula is C30H29O3P. The van der Waals surface area contributed by atoms with Gasteiger partial charge in [-0.05, 0) is 24.0 Å². The van der Waals surface area contributed by atoms with Crippen molar-refractivity contribution in [3.63, 3.8) is 0 Å². The predicted octanol–water partition coefficient (Wildman–Crippen LogP) is 6.31. The number of hydrogen-bond acceptors (Lipinski definition) is 3. The van der Waals surface area contributed by atoms with Crippen LogP contribution in [0.4, 0.5) is 0 Å². The van der Waals surface area contributed by atoms with Crippen molar-refractivity contribution < 1.29 is 14.1 Å². The third kappa shape index (κ3) is 5.38. The SMILES string of the molecule is CC(=O)OC(c1ccccc1)C(CCc1ccccc1)P(=O)(c1ccccc1)c1ccccc1. The molecule has 172 valence electrons. The van der Waals surface area contributed by atoms with Crippen molar-refractivity contribution >= 4 is 23.7 Å². The Morgan fingerprint density at radius 2 is 1.15 bits per heavy atom. The molecule has 0 aliphatic rings. The minimum atomic E-state index is -3.23. The van der Waals surface area contributed by atoms with Gasteiger partial charge < -0.3 is 9.30 Å². The Balaban J connectivity index is 1.89. The van der Waals surface area contributed by atoms with Gasteiger partial charge in [0.1, 0.15) is 13.2 Å². The van der Waals surface area contributed by atoms with Gasteiger partial charge in [-0.3, -0.25) is 4.79 Å². The highest BCUT2D eigenvalue weighted by atomic mass is 31.2. The molecule has 0 heterocycles. The van der Waals surface area contributed by atoms with Crippen molar-refractivity contribution in [2.75, 3.05) is 0 Å². The van der Waals surface area contributed by atoms with E-state index >= 15 is 4.57 Å². The van der Waals surface area contributed by atoms with E-state index in [0.717, 1.165) is 28.2 Å². The molecule has 0 bridgehead atoms. The minimum absolute atomic E-state index is 0.383. The van der Waals surface area contributed by atoms with E-state index in [2.05, 4.69) is 12.1 Å². The van der Waals surface area contributed by atoms with Gasteiger partial charge >= 0.3 is 5.97 Å². The van der Waals surface area contributed by atoms with Crippen LogP contribution in [-0.4, -0.2) is 11.6 Å². The molecule has 2 atom stereocenters. The van der Waals surface area contributed by atoms with Gasteiger partial charge in [0.2, 0.25) is 0 Å². The zero-order chi connectivity index (χ0) is 23.8. The molecule has 0 amide bonds. The Morgan fingerprint density at radius 3 is 1.62 bits per heavy atom. The fourth-order valence-corrected chi connectivity index (χ4v) is 7.91. The van der Waals surface area contributed by atoms with Crippen LogP contribution < -0.4 is 10.6 Å². The third-order valence-electron chi connectivity index (χ3n) is 6.09. The monoisotopic (exact) mass is 468 g/mol. The molecule has 0 spiro atoms. The van der Waals surface area contributed by atoms with Crippen LogP contribution in [0.1, 0.15) is 30.6 Å². The molecule has 0 radical (unpaired) electrons. The highest BCUT2D eigenvalue weighted by Gasteiger charge is 2.43. The molecule has 3 nitrogen and oxygen atoms in total. The molecule has 0 aliphatic carbocycles. The van der Waals surface area contributed by atoms with Crippen molar-refractivity contribution in [1.82, 2.24) is 0 Å². The molecule has 0 aliphatic heterocycles. The van der Waals surface area contributed by atoms with Crippen molar-refractivity contribution in [2.45, 2.75) is 31.5 Å². The minimum Gasteiger partial charge on any atom is -0.457 e. The summed E-state index contributed by atoms with van der Waals surface area (Å²) in [6.07, 6.45) is 0.672. The molecule has 0 saturated heterocycles. The van der Waals surface area contributed by atoms with Crippen molar-refractivity contribution in [2.24, 2.45) is 0 Å². The topological polar surface area (TPSA) is 43.4 Å². The van der Waals surface area contributed by atoms with E-state index < -0.39 is 18.9 Å². The first-order chi connectivity index (χ1) is 16.6. The van der Waals surface area contributed by atoms with E-state index in [1.54, 1.807) is 0 Å². The number of carbonyl (C=O) groups excluding carboxylic acids is 1. The summed E-state index contributed by atoms with van der Waals surface area (Å²) in [5, 5.41) is 1.54. The van der Waals surface area contributed by atoms with E-state index in [-0.39, 0.29) is 5.97 Å². The van der Waals surface area contributed by atoms with Gasteiger partial charge in [-0.1, -0.05) is 121 Å². The molecule has 0 aromatic heterocycles. The molecular weight excluding hydrogens is 439 g/mol. The van der Waals surface area contributed by atoms with Gasteiger partial charge in [-0.15, -0.1) is 0 Å². The Morgan fingerprint density at radius 1 is 0.706 bits per heavy atom. The molecule has 0 fully saturated rings. The first kappa shape index (κ1) is 23.7. The average molecular weight is 469 g/mol.